The van der Waals surface area contributed by atoms with Gasteiger partial charge in [-0.05, 0) is 71.5 Å². The van der Waals surface area contributed by atoms with Crippen LogP contribution in [0.4, 0.5) is 48.5 Å². The normalized spacial score (nSPS) is 10.9. The second-order valence-corrected chi connectivity index (χ2v) is 12.7. The second-order valence-electron chi connectivity index (χ2n) is 12.7. The van der Waals surface area contributed by atoms with Gasteiger partial charge in [0.05, 0.1) is 0 Å². The largest absolute Gasteiger partial charge is 0.328 e. The average molecular weight is 649 g/mol. The van der Waals surface area contributed by atoms with Crippen molar-refractivity contribution in [2.75, 3.05) is 71.7 Å². The van der Waals surface area contributed by atoms with Crippen molar-refractivity contribution in [2.45, 2.75) is 39.5 Å². The molecule has 4 aromatic carbocycles. The second kappa shape index (κ2) is 15.1. The fourth-order valence-electron chi connectivity index (χ4n) is 5.71. The summed E-state index contributed by atoms with van der Waals surface area (Å²) in [7, 11) is 10.4. The molecular weight excluding hydrogens is 600 g/mol. The van der Waals surface area contributed by atoms with Crippen LogP contribution in [0.3, 0.4) is 0 Å². The minimum atomic E-state index is -0.279. The Kier molecular flexibility index (Phi) is 11.2. The maximum atomic E-state index is 13.7. The Balaban J connectivity index is 1.50. The zero-order chi connectivity index (χ0) is 35.3. The van der Waals surface area contributed by atoms with E-state index < -0.39 is 0 Å². The maximum Gasteiger partial charge on any atom is 0.328 e. The number of urea groups is 3. The molecule has 0 radical (unpaired) electrons. The van der Waals surface area contributed by atoms with Crippen LogP contribution in [0.2, 0.25) is 0 Å². The first kappa shape index (κ1) is 35.5. The number of hydrogen-bond acceptors (Lipinski definition) is 3. The van der Waals surface area contributed by atoms with Gasteiger partial charge in [0.2, 0.25) is 0 Å². The van der Waals surface area contributed by atoms with Gasteiger partial charge in [0.1, 0.15) is 0 Å². The molecule has 0 saturated carbocycles. The molecule has 0 spiro atoms. The highest BCUT2D eigenvalue weighted by Gasteiger charge is 2.24. The summed E-state index contributed by atoms with van der Waals surface area (Å²) in [5.74, 6) is 0.522. The number of carbonyl (C=O) groups is 3. The number of hydrogen-bond donors (Lipinski definition) is 0. The standard InChI is InChI=1S/C39H48N6O3/c1-27(2)33-21-11-13-23-35(33)44(9)38(47)42(7)31-19-15-17-29(25-31)40(5)37(46)41(6)30-18-16-20-32(26-30)43(8)39(48)45(10)36-24-14-12-22-34(36)28(3)4/h11-28H,1-10H3. The smallest absolute Gasteiger partial charge is 0.297 e. The molecule has 9 heteroatoms. The number of nitrogens with zero attached hydrogens (tertiary/aromatic N) is 6. The van der Waals surface area contributed by atoms with E-state index in [9.17, 15) is 14.4 Å². The molecule has 9 nitrogen and oxygen atoms in total. The average Bonchev–Trinajstić information content (AvgIpc) is 3.11. The van der Waals surface area contributed by atoms with Crippen LogP contribution in [0.5, 0.6) is 0 Å². The van der Waals surface area contributed by atoms with Gasteiger partial charge in [0.15, 0.2) is 0 Å². The molecule has 252 valence electrons. The molecule has 0 saturated heterocycles. The Hall–Kier alpha value is -5.31. The van der Waals surface area contributed by atoms with Crippen LogP contribution in [0.1, 0.15) is 50.7 Å². The molecule has 0 unspecified atom stereocenters. The lowest BCUT2D eigenvalue weighted by Crippen LogP contribution is -2.41. The maximum absolute atomic E-state index is 13.7. The Bertz CT molecular complexity index is 1640. The Morgan fingerprint density at radius 1 is 0.396 bits per heavy atom. The van der Waals surface area contributed by atoms with Crippen molar-refractivity contribution in [3.05, 3.63) is 108 Å². The highest BCUT2D eigenvalue weighted by atomic mass is 16.2. The number of benzene rings is 4. The number of para-hydroxylation sites is 2. The van der Waals surface area contributed by atoms with Crippen LogP contribution in [-0.4, -0.2) is 60.4 Å². The molecule has 0 aliphatic carbocycles. The minimum Gasteiger partial charge on any atom is -0.297 e. The first-order valence-corrected chi connectivity index (χ1v) is 16.2. The summed E-state index contributed by atoms with van der Waals surface area (Å²) in [5.41, 5.74) is 6.45. The van der Waals surface area contributed by atoms with Crippen molar-refractivity contribution < 1.29 is 14.4 Å². The number of carbonyl (C=O) groups excluding carboxylic acids is 3. The van der Waals surface area contributed by atoms with E-state index in [2.05, 4.69) is 27.7 Å². The SMILES string of the molecule is CC(C)c1ccccc1N(C)C(=O)N(C)c1cccc(N(C)C(=O)N(C)c2cccc(N(C)C(=O)N(C)c3ccccc3C(C)C)c2)c1. The molecule has 0 aliphatic heterocycles. The summed E-state index contributed by atoms with van der Waals surface area (Å²) < 4.78 is 0. The van der Waals surface area contributed by atoms with Gasteiger partial charge in [0.25, 0.3) is 0 Å². The third kappa shape index (κ3) is 7.46. The van der Waals surface area contributed by atoms with E-state index in [1.54, 1.807) is 61.9 Å². The van der Waals surface area contributed by atoms with Gasteiger partial charge in [0, 0.05) is 76.4 Å². The summed E-state index contributed by atoms with van der Waals surface area (Å²) in [4.78, 5) is 50.4. The van der Waals surface area contributed by atoms with Gasteiger partial charge < -0.3 is 0 Å². The summed E-state index contributed by atoms with van der Waals surface area (Å²) in [6, 6.07) is 29.8. The molecule has 0 atom stereocenters. The van der Waals surface area contributed by atoms with E-state index in [1.807, 2.05) is 97.1 Å². The van der Waals surface area contributed by atoms with Crippen LogP contribution >= 0.6 is 0 Å². The first-order chi connectivity index (χ1) is 22.7. The topological polar surface area (TPSA) is 70.7 Å². The van der Waals surface area contributed by atoms with Crippen molar-refractivity contribution in [3.8, 4) is 0 Å². The molecule has 6 amide bonds. The van der Waals surface area contributed by atoms with Gasteiger partial charge in [-0.3, -0.25) is 29.4 Å². The summed E-state index contributed by atoms with van der Waals surface area (Å²) in [6.45, 7) is 8.42. The zero-order valence-electron chi connectivity index (χ0n) is 29.8. The molecule has 4 rings (SSSR count). The zero-order valence-corrected chi connectivity index (χ0v) is 29.8. The van der Waals surface area contributed by atoms with E-state index >= 15 is 0 Å². The van der Waals surface area contributed by atoms with Gasteiger partial charge in [-0.15, -0.1) is 0 Å². The van der Waals surface area contributed by atoms with Gasteiger partial charge in [-0.1, -0.05) is 76.2 Å². The lowest BCUT2D eigenvalue weighted by molar-refractivity contribution is 0.253. The molecule has 4 aromatic rings. The Morgan fingerprint density at radius 2 is 0.667 bits per heavy atom. The van der Waals surface area contributed by atoms with Crippen LogP contribution in [0.15, 0.2) is 97.1 Å². The van der Waals surface area contributed by atoms with E-state index in [4.69, 9.17) is 0 Å². The fraction of sp³-hybridized carbons (Fsp3) is 0.308. The van der Waals surface area contributed by atoms with E-state index in [0.717, 1.165) is 22.5 Å². The highest BCUT2D eigenvalue weighted by Crippen LogP contribution is 2.31. The summed E-state index contributed by atoms with van der Waals surface area (Å²) in [5, 5.41) is 0. The third-order valence-corrected chi connectivity index (χ3v) is 8.77. The monoisotopic (exact) mass is 648 g/mol. The lowest BCUT2D eigenvalue weighted by atomic mass is 10.0. The lowest BCUT2D eigenvalue weighted by Gasteiger charge is -2.30. The van der Waals surface area contributed by atoms with Crippen molar-refractivity contribution in [3.63, 3.8) is 0 Å². The molecule has 48 heavy (non-hydrogen) atoms. The number of amides is 6. The van der Waals surface area contributed by atoms with E-state index in [-0.39, 0.29) is 29.9 Å². The van der Waals surface area contributed by atoms with Crippen molar-refractivity contribution in [2.24, 2.45) is 0 Å². The molecule has 0 aliphatic rings. The number of anilines is 6. The third-order valence-electron chi connectivity index (χ3n) is 8.77. The van der Waals surface area contributed by atoms with E-state index in [0.29, 0.717) is 22.7 Å². The quantitative estimate of drug-likeness (QED) is 0.191. The van der Waals surface area contributed by atoms with Crippen molar-refractivity contribution >= 4 is 52.2 Å². The fourth-order valence-corrected chi connectivity index (χ4v) is 5.71. The van der Waals surface area contributed by atoms with Gasteiger partial charge in [-0.2, -0.15) is 0 Å². The van der Waals surface area contributed by atoms with Crippen LogP contribution in [-0.2, 0) is 0 Å². The van der Waals surface area contributed by atoms with Crippen molar-refractivity contribution in [1.29, 1.82) is 0 Å². The van der Waals surface area contributed by atoms with Gasteiger partial charge >= 0.3 is 18.1 Å². The van der Waals surface area contributed by atoms with Crippen LogP contribution < -0.4 is 29.4 Å². The molecule has 0 bridgehead atoms. The Morgan fingerprint density at radius 3 is 0.958 bits per heavy atom. The predicted molar refractivity (Wildman–Crippen MR) is 201 cm³/mol. The Labute approximate surface area is 285 Å². The van der Waals surface area contributed by atoms with Gasteiger partial charge in [-0.25, -0.2) is 14.4 Å². The van der Waals surface area contributed by atoms with E-state index in [1.165, 1.54) is 9.80 Å². The predicted octanol–water partition coefficient (Wildman–Crippen LogP) is 9.01. The molecule has 0 fully saturated rings. The summed E-state index contributed by atoms with van der Waals surface area (Å²) in [6.07, 6.45) is 0. The molecular formula is C39H48N6O3. The highest BCUT2D eigenvalue weighted by molar-refractivity contribution is 6.07. The van der Waals surface area contributed by atoms with Crippen LogP contribution in [0, 0.1) is 0 Å². The summed E-state index contributed by atoms with van der Waals surface area (Å²) >= 11 is 0. The number of rotatable bonds is 8. The molecule has 0 heterocycles. The van der Waals surface area contributed by atoms with Crippen molar-refractivity contribution in [1.82, 2.24) is 0 Å². The molecule has 0 aromatic heterocycles. The first-order valence-electron chi connectivity index (χ1n) is 16.2. The van der Waals surface area contributed by atoms with Crippen LogP contribution in [0.25, 0.3) is 0 Å². The minimum absolute atomic E-state index is 0.194. The molecule has 0 N–H and O–H groups in total.